The Bertz CT molecular complexity index is 252. The molecule has 5 nitrogen and oxygen atoms in total. The summed E-state index contributed by atoms with van der Waals surface area (Å²) in [4.78, 5) is 13.5. The lowest BCUT2D eigenvalue weighted by atomic mass is 9.88. The maximum atomic E-state index is 11.9. The molecule has 1 heterocycles. The van der Waals surface area contributed by atoms with Gasteiger partial charge in [-0.15, -0.1) is 0 Å². The highest BCUT2D eigenvalue weighted by Crippen LogP contribution is 2.26. The Labute approximate surface area is 103 Å². The quantitative estimate of drug-likeness (QED) is 0.623. The highest BCUT2D eigenvalue weighted by Gasteiger charge is 2.43. The van der Waals surface area contributed by atoms with E-state index in [0.717, 1.165) is 19.3 Å². The van der Waals surface area contributed by atoms with Gasteiger partial charge in [-0.2, -0.15) is 0 Å². The van der Waals surface area contributed by atoms with Crippen LogP contribution >= 0.6 is 0 Å². The summed E-state index contributed by atoms with van der Waals surface area (Å²) in [5.74, 6) is -0.0538. The Hall–Kier alpha value is -0.650. The number of likely N-dealkylation sites (tertiary alicyclic amines) is 1. The van der Waals surface area contributed by atoms with Crippen molar-refractivity contribution in [2.45, 2.75) is 44.2 Å². The number of amides is 1. The Morgan fingerprint density at radius 3 is 2.76 bits per heavy atom. The first-order valence-electron chi connectivity index (χ1n) is 6.28. The van der Waals surface area contributed by atoms with Crippen LogP contribution in [0.15, 0.2) is 0 Å². The van der Waals surface area contributed by atoms with Gasteiger partial charge >= 0.3 is 0 Å². The third-order valence-corrected chi connectivity index (χ3v) is 3.18. The van der Waals surface area contributed by atoms with Gasteiger partial charge in [0.1, 0.15) is 0 Å². The predicted molar refractivity (Wildman–Crippen MR) is 65.5 cm³/mol. The van der Waals surface area contributed by atoms with E-state index in [4.69, 9.17) is 10.5 Å². The maximum Gasteiger partial charge on any atom is 0.239 e. The fourth-order valence-electron chi connectivity index (χ4n) is 2.25. The summed E-state index contributed by atoms with van der Waals surface area (Å²) in [6, 6.07) is -0.462. The van der Waals surface area contributed by atoms with Gasteiger partial charge in [0.2, 0.25) is 5.91 Å². The van der Waals surface area contributed by atoms with E-state index in [0.29, 0.717) is 26.1 Å². The molecule has 0 saturated carbocycles. The SMILES string of the molecule is CCCC1(O)CN(C(=O)C(N)CCCOC)C1. The lowest BCUT2D eigenvalue weighted by Gasteiger charge is -2.47. The van der Waals surface area contributed by atoms with Crippen LogP contribution in [0.2, 0.25) is 0 Å². The molecule has 0 aromatic heterocycles. The van der Waals surface area contributed by atoms with Gasteiger partial charge in [0.05, 0.1) is 24.7 Å². The molecular formula is C12H24N2O3. The smallest absolute Gasteiger partial charge is 0.239 e. The molecule has 0 radical (unpaired) electrons. The van der Waals surface area contributed by atoms with Gasteiger partial charge < -0.3 is 20.5 Å². The van der Waals surface area contributed by atoms with Crippen LogP contribution < -0.4 is 5.73 Å². The minimum atomic E-state index is -0.670. The minimum absolute atomic E-state index is 0.0538. The number of nitrogens with zero attached hydrogens (tertiary/aromatic N) is 1. The van der Waals surface area contributed by atoms with Gasteiger partial charge in [-0.1, -0.05) is 13.3 Å². The molecule has 0 aromatic carbocycles. The summed E-state index contributed by atoms with van der Waals surface area (Å²) in [6.07, 6.45) is 3.10. The molecule has 0 bridgehead atoms. The summed E-state index contributed by atoms with van der Waals surface area (Å²) in [6.45, 7) is 3.51. The molecular weight excluding hydrogens is 220 g/mol. The average Bonchev–Trinajstić information content (AvgIpc) is 2.25. The largest absolute Gasteiger partial charge is 0.386 e. The third-order valence-electron chi connectivity index (χ3n) is 3.18. The van der Waals surface area contributed by atoms with Crippen molar-refractivity contribution >= 4 is 5.91 Å². The lowest BCUT2D eigenvalue weighted by Crippen LogP contribution is -2.65. The first-order chi connectivity index (χ1) is 8.02. The summed E-state index contributed by atoms with van der Waals surface area (Å²) < 4.78 is 4.92. The zero-order valence-electron chi connectivity index (χ0n) is 10.8. The van der Waals surface area contributed by atoms with E-state index in [9.17, 15) is 9.90 Å². The zero-order chi connectivity index (χ0) is 12.9. The van der Waals surface area contributed by atoms with Crippen molar-refractivity contribution in [3.05, 3.63) is 0 Å². The normalized spacial score (nSPS) is 19.9. The molecule has 1 fully saturated rings. The number of aliphatic hydroxyl groups is 1. The van der Waals surface area contributed by atoms with Gasteiger partial charge in [0, 0.05) is 13.7 Å². The number of hydrogen-bond donors (Lipinski definition) is 2. The van der Waals surface area contributed by atoms with Crippen LogP contribution in [0.3, 0.4) is 0 Å². The van der Waals surface area contributed by atoms with E-state index in [2.05, 4.69) is 0 Å². The molecule has 1 saturated heterocycles. The van der Waals surface area contributed by atoms with Crippen molar-refractivity contribution in [1.29, 1.82) is 0 Å². The first kappa shape index (κ1) is 14.4. The zero-order valence-corrected chi connectivity index (χ0v) is 10.8. The summed E-state index contributed by atoms with van der Waals surface area (Å²) >= 11 is 0. The Balaban J connectivity index is 2.26. The van der Waals surface area contributed by atoms with E-state index in [1.54, 1.807) is 12.0 Å². The van der Waals surface area contributed by atoms with E-state index in [1.807, 2.05) is 6.92 Å². The molecule has 0 aliphatic carbocycles. The second kappa shape index (κ2) is 6.33. The molecule has 1 unspecified atom stereocenters. The number of hydrogen-bond acceptors (Lipinski definition) is 4. The first-order valence-corrected chi connectivity index (χ1v) is 6.28. The Morgan fingerprint density at radius 2 is 2.24 bits per heavy atom. The molecule has 1 rings (SSSR count). The molecule has 100 valence electrons. The second-order valence-corrected chi connectivity index (χ2v) is 4.91. The molecule has 3 N–H and O–H groups in total. The van der Waals surface area contributed by atoms with Gasteiger partial charge in [0.25, 0.3) is 0 Å². The Morgan fingerprint density at radius 1 is 1.59 bits per heavy atom. The van der Waals surface area contributed by atoms with Crippen LogP contribution in [0.25, 0.3) is 0 Å². The average molecular weight is 244 g/mol. The highest BCUT2D eigenvalue weighted by molar-refractivity contribution is 5.82. The number of β-amino-alcohol motifs (C(OH)–C–C–N with tert-alkyl or cyclic N) is 1. The van der Waals surface area contributed by atoms with Crippen molar-refractivity contribution in [2.24, 2.45) is 5.73 Å². The number of rotatable bonds is 7. The van der Waals surface area contributed by atoms with Crippen molar-refractivity contribution in [1.82, 2.24) is 4.90 Å². The fourth-order valence-corrected chi connectivity index (χ4v) is 2.25. The van der Waals surface area contributed by atoms with Gasteiger partial charge in [-0.3, -0.25) is 4.79 Å². The Kier molecular flexibility index (Phi) is 5.36. The van der Waals surface area contributed by atoms with Crippen molar-refractivity contribution in [2.75, 3.05) is 26.8 Å². The van der Waals surface area contributed by atoms with Crippen LogP contribution in [-0.2, 0) is 9.53 Å². The second-order valence-electron chi connectivity index (χ2n) is 4.91. The third kappa shape index (κ3) is 3.94. The number of ether oxygens (including phenoxy) is 1. The number of nitrogens with two attached hydrogens (primary N) is 1. The van der Waals surface area contributed by atoms with Crippen LogP contribution in [0.5, 0.6) is 0 Å². The minimum Gasteiger partial charge on any atom is -0.386 e. The van der Waals surface area contributed by atoms with E-state index in [1.165, 1.54) is 0 Å². The molecule has 1 atom stereocenters. The topological polar surface area (TPSA) is 75.8 Å². The monoisotopic (exact) mass is 244 g/mol. The molecule has 1 aliphatic rings. The van der Waals surface area contributed by atoms with Gasteiger partial charge in [-0.25, -0.2) is 0 Å². The van der Waals surface area contributed by atoms with Crippen LogP contribution in [0.4, 0.5) is 0 Å². The van der Waals surface area contributed by atoms with Crippen LogP contribution in [0.1, 0.15) is 32.6 Å². The maximum absolute atomic E-state index is 11.9. The summed E-state index contributed by atoms with van der Waals surface area (Å²) in [5, 5.41) is 9.97. The number of methoxy groups -OCH3 is 1. The molecule has 1 aliphatic heterocycles. The van der Waals surface area contributed by atoms with E-state index in [-0.39, 0.29) is 5.91 Å². The molecule has 17 heavy (non-hydrogen) atoms. The fraction of sp³-hybridized carbons (Fsp3) is 0.917. The summed E-state index contributed by atoms with van der Waals surface area (Å²) in [7, 11) is 1.63. The van der Waals surface area contributed by atoms with Crippen LogP contribution in [0, 0.1) is 0 Å². The van der Waals surface area contributed by atoms with Crippen molar-refractivity contribution < 1.29 is 14.6 Å². The standard InChI is InChI=1S/C12H24N2O3/c1-3-6-12(16)8-14(9-12)11(15)10(13)5-4-7-17-2/h10,16H,3-9,13H2,1-2H3. The van der Waals surface area contributed by atoms with Gasteiger partial charge in [0.15, 0.2) is 0 Å². The highest BCUT2D eigenvalue weighted by atomic mass is 16.5. The number of carbonyl (C=O) groups excluding carboxylic acids is 1. The molecule has 0 spiro atoms. The molecule has 5 heteroatoms. The predicted octanol–water partition coefficient (Wildman–Crippen LogP) is 0.114. The van der Waals surface area contributed by atoms with Gasteiger partial charge in [-0.05, 0) is 19.3 Å². The van der Waals surface area contributed by atoms with E-state index < -0.39 is 11.6 Å². The van der Waals surface area contributed by atoms with Crippen molar-refractivity contribution in [3.63, 3.8) is 0 Å². The molecule has 1 amide bonds. The van der Waals surface area contributed by atoms with Crippen LogP contribution in [-0.4, -0.2) is 54.4 Å². The van der Waals surface area contributed by atoms with Crippen molar-refractivity contribution in [3.8, 4) is 0 Å². The summed E-state index contributed by atoms with van der Waals surface area (Å²) in [5.41, 5.74) is 5.13. The number of carbonyl (C=O) groups is 1. The molecule has 0 aromatic rings. The van der Waals surface area contributed by atoms with E-state index >= 15 is 0 Å². The lowest BCUT2D eigenvalue weighted by molar-refractivity contribution is -0.158.